The summed E-state index contributed by atoms with van der Waals surface area (Å²) in [7, 11) is 3.11. The second-order valence-electron chi connectivity index (χ2n) is 12.9. The second kappa shape index (κ2) is 12.8. The van der Waals surface area contributed by atoms with Crippen molar-refractivity contribution in [1.29, 1.82) is 0 Å². The van der Waals surface area contributed by atoms with Gasteiger partial charge in [0.2, 0.25) is 5.91 Å². The third kappa shape index (κ3) is 5.84. The van der Waals surface area contributed by atoms with E-state index in [0.29, 0.717) is 47.2 Å². The average molecular weight is 628 g/mol. The highest BCUT2D eigenvalue weighted by atomic mass is 16.5. The Kier molecular flexibility index (Phi) is 8.42. The zero-order chi connectivity index (χ0) is 31.8. The molecule has 0 aliphatic carbocycles. The summed E-state index contributed by atoms with van der Waals surface area (Å²) in [6.07, 6.45) is 11.1. The van der Waals surface area contributed by atoms with Crippen molar-refractivity contribution >= 4 is 17.8 Å². The minimum absolute atomic E-state index is 0.0214. The Morgan fingerprint density at radius 1 is 1.07 bits per heavy atom. The van der Waals surface area contributed by atoms with Gasteiger partial charge in [-0.15, -0.1) is 5.10 Å². The maximum atomic E-state index is 13.4. The topological polar surface area (TPSA) is 119 Å². The number of fused-ring (bicyclic) bond motifs is 2. The number of amides is 1. The van der Waals surface area contributed by atoms with E-state index in [1.165, 1.54) is 57.0 Å². The number of hydrogen-bond acceptors (Lipinski definition) is 9. The summed E-state index contributed by atoms with van der Waals surface area (Å²) in [5.41, 5.74) is 1.55. The van der Waals surface area contributed by atoms with Gasteiger partial charge in [-0.2, -0.15) is 0 Å². The van der Waals surface area contributed by atoms with E-state index in [2.05, 4.69) is 20.1 Å². The number of allylic oxidation sites excluding steroid dienone is 1. The summed E-state index contributed by atoms with van der Waals surface area (Å²) in [5, 5.41) is 19.3. The molecule has 5 heterocycles. The molecule has 0 spiro atoms. The number of aromatic hydroxyl groups is 1. The lowest BCUT2D eigenvalue weighted by molar-refractivity contribution is -0.153. The van der Waals surface area contributed by atoms with Crippen LogP contribution in [0.4, 0.5) is 0 Å². The Balaban J connectivity index is 0.970. The van der Waals surface area contributed by atoms with E-state index in [9.17, 15) is 14.7 Å². The molecule has 4 aliphatic rings. The summed E-state index contributed by atoms with van der Waals surface area (Å²) in [5.74, 6) is 2.42. The Morgan fingerprint density at radius 2 is 1.89 bits per heavy atom. The van der Waals surface area contributed by atoms with E-state index >= 15 is 0 Å². The Labute approximate surface area is 268 Å². The first-order chi connectivity index (χ1) is 22.4. The minimum atomic E-state index is -0.347. The van der Waals surface area contributed by atoms with Crippen molar-refractivity contribution in [3.8, 4) is 23.0 Å². The van der Waals surface area contributed by atoms with Crippen LogP contribution in [-0.2, 0) is 11.4 Å². The zero-order valence-corrected chi connectivity index (χ0v) is 26.4. The first-order valence-corrected chi connectivity index (χ1v) is 16.3. The minimum Gasteiger partial charge on any atom is -0.507 e. The quantitative estimate of drug-likeness (QED) is 0.270. The number of methoxy groups -OCH3 is 2. The molecule has 4 aliphatic heterocycles. The first-order valence-electron chi connectivity index (χ1n) is 16.3. The van der Waals surface area contributed by atoms with Crippen LogP contribution in [0.3, 0.4) is 0 Å². The number of aromatic nitrogens is 3. The standard InChI is InChI=1S/C35H41N5O6/c1-44-32-12-8-22(15-33(32)45-2)7-11-30(41)28-10-9-26(18-31(28)42)46-21-24-20-40(37-36-24)25-16-29-27-6-4-14-38-13-3-5-23(35(27)38)19-39(29)34(43)17-25/h7-12,15,18,20,23,25,27,29,35,42H,3-6,13-14,16-17,19,21H2,1-2H3/b11-7+/t23-,25+,27+,29+,35-/m0/s1. The monoisotopic (exact) mass is 627 g/mol. The molecule has 1 aromatic heterocycles. The number of hydrogen-bond donors (Lipinski definition) is 1. The molecule has 1 N–H and O–H groups in total. The molecule has 0 saturated carbocycles. The molecule has 0 radical (unpaired) electrons. The van der Waals surface area contributed by atoms with Gasteiger partial charge in [0.15, 0.2) is 17.3 Å². The molecule has 5 atom stereocenters. The van der Waals surface area contributed by atoms with Crippen LogP contribution in [0.1, 0.15) is 66.2 Å². The number of phenols is 1. The van der Waals surface area contributed by atoms with Gasteiger partial charge in [-0.1, -0.05) is 17.4 Å². The molecule has 1 amide bonds. The maximum Gasteiger partial charge on any atom is 0.224 e. The molecule has 4 fully saturated rings. The molecular formula is C35H41N5O6. The third-order valence-electron chi connectivity index (χ3n) is 10.3. The first kappa shape index (κ1) is 30.3. The molecule has 11 heteroatoms. The molecule has 0 unspecified atom stereocenters. The summed E-state index contributed by atoms with van der Waals surface area (Å²) >= 11 is 0. The molecule has 46 heavy (non-hydrogen) atoms. The number of benzene rings is 2. The van der Waals surface area contributed by atoms with Gasteiger partial charge in [0.1, 0.15) is 23.8 Å². The van der Waals surface area contributed by atoms with Crippen LogP contribution >= 0.6 is 0 Å². The van der Waals surface area contributed by atoms with Crippen molar-refractivity contribution in [3.63, 3.8) is 0 Å². The number of phenolic OH excluding ortho intramolecular Hbond substituents is 1. The lowest BCUT2D eigenvalue weighted by Gasteiger charge is -2.59. The maximum absolute atomic E-state index is 13.4. The number of carbonyl (C=O) groups is 2. The SMILES string of the molecule is COc1ccc(/C=C/C(=O)c2ccc(OCc3cn([C@H]4CC(=O)N5C[C@@H]6CCCN7CCC[C@@H]([C@H]67)[C@H]5C4)nn3)cc2O)cc1OC. The van der Waals surface area contributed by atoms with Crippen molar-refractivity contribution in [2.24, 2.45) is 11.8 Å². The van der Waals surface area contributed by atoms with Gasteiger partial charge < -0.3 is 24.2 Å². The number of ether oxygens (including phenoxy) is 3. The number of piperidine rings is 4. The molecule has 7 rings (SSSR count). The number of rotatable bonds is 9. The van der Waals surface area contributed by atoms with Gasteiger partial charge in [0.05, 0.1) is 32.0 Å². The summed E-state index contributed by atoms with van der Waals surface area (Å²) in [6.45, 7) is 3.44. The highest BCUT2D eigenvalue weighted by Crippen LogP contribution is 2.46. The van der Waals surface area contributed by atoms with E-state index in [1.807, 2.05) is 16.9 Å². The highest BCUT2D eigenvalue weighted by Gasteiger charge is 2.52. The zero-order valence-electron chi connectivity index (χ0n) is 26.4. The summed E-state index contributed by atoms with van der Waals surface area (Å²) in [4.78, 5) is 31.1. The van der Waals surface area contributed by atoms with Crippen LogP contribution in [0.25, 0.3) is 6.08 Å². The second-order valence-corrected chi connectivity index (χ2v) is 12.9. The van der Waals surface area contributed by atoms with Crippen LogP contribution in [0, 0.1) is 11.8 Å². The predicted octanol–water partition coefficient (Wildman–Crippen LogP) is 4.51. The molecule has 2 aromatic carbocycles. The predicted molar refractivity (Wildman–Crippen MR) is 170 cm³/mol. The normalized spacial score (nSPS) is 26.0. The van der Waals surface area contributed by atoms with E-state index in [1.54, 1.807) is 38.5 Å². The molecule has 4 saturated heterocycles. The van der Waals surface area contributed by atoms with Crippen molar-refractivity contribution < 1.29 is 28.9 Å². The fourth-order valence-corrected chi connectivity index (χ4v) is 8.21. The van der Waals surface area contributed by atoms with Crippen molar-refractivity contribution in [3.05, 3.63) is 65.5 Å². The van der Waals surface area contributed by atoms with Crippen LogP contribution in [0.5, 0.6) is 23.0 Å². The summed E-state index contributed by atoms with van der Waals surface area (Å²) < 4.78 is 18.3. The molecule has 0 bridgehead atoms. The number of nitrogens with zero attached hydrogens (tertiary/aromatic N) is 5. The van der Waals surface area contributed by atoms with Gasteiger partial charge in [0, 0.05) is 31.1 Å². The highest BCUT2D eigenvalue weighted by molar-refractivity contribution is 6.08. The smallest absolute Gasteiger partial charge is 0.224 e. The van der Waals surface area contributed by atoms with Crippen LogP contribution in [0.15, 0.2) is 48.7 Å². The lowest BCUT2D eigenvalue weighted by Crippen LogP contribution is -2.67. The van der Waals surface area contributed by atoms with Gasteiger partial charge in [-0.3, -0.25) is 14.5 Å². The van der Waals surface area contributed by atoms with Crippen LogP contribution in [0.2, 0.25) is 0 Å². The van der Waals surface area contributed by atoms with Crippen molar-refractivity contribution in [1.82, 2.24) is 24.8 Å². The molecule has 11 nitrogen and oxygen atoms in total. The van der Waals surface area contributed by atoms with E-state index in [0.717, 1.165) is 18.5 Å². The Morgan fingerprint density at radius 3 is 2.70 bits per heavy atom. The van der Waals surface area contributed by atoms with E-state index in [-0.39, 0.29) is 41.7 Å². The molecule has 242 valence electrons. The van der Waals surface area contributed by atoms with Gasteiger partial charge in [-0.05, 0) is 92.9 Å². The fourth-order valence-electron chi connectivity index (χ4n) is 8.21. The van der Waals surface area contributed by atoms with E-state index in [4.69, 9.17) is 14.2 Å². The van der Waals surface area contributed by atoms with Crippen LogP contribution < -0.4 is 14.2 Å². The third-order valence-corrected chi connectivity index (χ3v) is 10.3. The molecule has 3 aromatic rings. The van der Waals surface area contributed by atoms with Gasteiger partial charge in [0.25, 0.3) is 0 Å². The Bertz CT molecular complexity index is 1640. The fraction of sp³-hybridized carbons (Fsp3) is 0.486. The van der Waals surface area contributed by atoms with Crippen molar-refractivity contribution in [2.45, 2.75) is 63.3 Å². The van der Waals surface area contributed by atoms with Gasteiger partial charge >= 0.3 is 0 Å². The average Bonchev–Trinajstić information content (AvgIpc) is 3.56. The number of carbonyl (C=O) groups excluding carboxylic acids is 2. The van der Waals surface area contributed by atoms with Crippen LogP contribution in [-0.4, -0.2) is 87.5 Å². The van der Waals surface area contributed by atoms with Crippen molar-refractivity contribution in [2.75, 3.05) is 33.9 Å². The molecular weight excluding hydrogens is 586 g/mol. The summed E-state index contributed by atoms with van der Waals surface area (Å²) in [6, 6.07) is 10.8. The Hall–Kier alpha value is -4.38. The number of ketones is 1. The van der Waals surface area contributed by atoms with E-state index < -0.39 is 0 Å². The lowest BCUT2D eigenvalue weighted by atomic mass is 9.67. The largest absolute Gasteiger partial charge is 0.507 e. The van der Waals surface area contributed by atoms with Gasteiger partial charge in [-0.25, -0.2) is 4.68 Å².